The van der Waals surface area contributed by atoms with Gasteiger partial charge in [-0.05, 0) is 39.5 Å². The topological polar surface area (TPSA) is 182 Å². The number of nitrogen functional groups attached to an aromatic ring is 1. The molecule has 4 N–H and O–H groups in total. The fourth-order valence-electron chi connectivity index (χ4n) is 3.84. The Bertz CT molecular complexity index is 1380. The van der Waals surface area contributed by atoms with Gasteiger partial charge in [0.1, 0.15) is 18.2 Å². The number of alkyl halides is 2. The Morgan fingerprint density at radius 3 is 2.64 bits per heavy atom. The Hall–Kier alpha value is -1.69. The third-order valence-corrected chi connectivity index (χ3v) is 10.3. The molecule has 0 aliphatic carbocycles. The van der Waals surface area contributed by atoms with Crippen molar-refractivity contribution in [2.45, 2.75) is 84.2 Å². The zero-order chi connectivity index (χ0) is 33.0. The molecule has 3 heterocycles. The summed E-state index contributed by atoms with van der Waals surface area (Å²) >= 11 is 12.9. The minimum Gasteiger partial charge on any atom is -0.476 e. The molecule has 2 aromatic rings. The van der Waals surface area contributed by atoms with Crippen LogP contribution in [0.2, 0.25) is 0 Å². The van der Waals surface area contributed by atoms with Crippen LogP contribution in [0.25, 0.3) is 11.2 Å². The number of esters is 1. The van der Waals surface area contributed by atoms with Crippen molar-refractivity contribution < 1.29 is 42.3 Å². The summed E-state index contributed by atoms with van der Waals surface area (Å²) in [7, 11) is 0. The molecular weight excluding hydrogens is 662 g/mol. The van der Waals surface area contributed by atoms with Crippen LogP contribution >= 0.6 is 30.0 Å². The molecule has 44 heavy (non-hydrogen) atoms. The first-order chi connectivity index (χ1) is 20.4. The van der Waals surface area contributed by atoms with Crippen LogP contribution in [0.5, 0.6) is 5.88 Å². The largest absolute Gasteiger partial charge is 0.476 e. The van der Waals surface area contributed by atoms with Gasteiger partial charge in [0.2, 0.25) is 11.8 Å². The number of hydrogen-bond donors (Lipinski definition) is 3. The quantitative estimate of drug-likeness (QED) is 0.113. The second-order valence-electron chi connectivity index (χ2n) is 11.1. The number of ether oxygens (including phenoxy) is 3. The van der Waals surface area contributed by atoms with Gasteiger partial charge in [0, 0.05) is 11.2 Å². The van der Waals surface area contributed by atoms with Crippen molar-refractivity contribution in [3.8, 4) is 5.88 Å². The molecule has 1 fully saturated rings. The normalized spacial score (nSPS) is 24.4. The molecule has 3 rings (SSSR count). The number of fused-ring (bicyclic) bond motifs is 1. The lowest BCUT2D eigenvalue weighted by Gasteiger charge is -2.28. The fourth-order valence-corrected chi connectivity index (χ4v) is 7.40. The van der Waals surface area contributed by atoms with E-state index in [9.17, 15) is 14.7 Å². The van der Waals surface area contributed by atoms with Crippen molar-refractivity contribution in [2.24, 2.45) is 5.41 Å². The molecule has 1 saturated heterocycles. The number of aliphatic hydroxyl groups is 1. The first-order valence-electron chi connectivity index (χ1n) is 13.8. The smallest absolute Gasteiger partial charge is 0.323 e. The lowest BCUT2D eigenvalue weighted by atomic mass is 10.00. The van der Waals surface area contributed by atoms with Crippen LogP contribution in [0.1, 0.15) is 54.7 Å². The molecule has 0 amide bonds. The summed E-state index contributed by atoms with van der Waals surface area (Å²) in [6.45, 7) is 8.33. The molecule has 1 aliphatic heterocycles. The van der Waals surface area contributed by atoms with Crippen LogP contribution in [0.3, 0.4) is 0 Å². The molecule has 0 spiro atoms. The third kappa shape index (κ3) is 8.97. The molecule has 2 aromatic heterocycles. The van der Waals surface area contributed by atoms with E-state index in [0.717, 1.165) is 11.8 Å². The first-order valence-corrected chi connectivity index (χ1v) is 17.8. The van der Waals surface area contributed by atoms with Crippen molar-refractivity contribution in [2.75, 3.05) is 31.3 Å². The summed E-state index contributed by atoms with van der Waals surface area (Å²) in [5.74, 6) is -0.412. The maximum atomic E-state index is 15.9. The zero-order valence-corrected chi connectivity index (χ0v) is 28.8. The maximum absolute atomic E-state index is 15.9. The van der Waals surface area contributed by atoms with E-state index < -0.39 is 54.2 Å². The Balaban J connectivity index is 1.78. The van der Waals surface area contributed by atoms with E-state index in [2.05, 4.69) is 20.0 Å². The number of aromatic nitrogens is 4. The number of imidazole rings is 1. The van der Waals surface area contributed by atoms with Crippen molar-refractivity contribution in [3.63, 3.8) is 0 Å². The summed E-state index contributed by atoms with van der Waals surface area (Å²) in [5, 5.41) is 10.8. The van der Waals surface area contributed by atoms with E-state index in [1.165, 1.54) is 17.8 Å². The number of anilines is 1. The highest BCUT2D eigenvalue weighted by molar-refractivity contribution is 8.13. The molecule has 14 nitrogen and oxygen atoms in total. The Morgan fingerprint density at radius 1 is 1.34 bits per heavy atom. The predicted octanol–water partition coefficient (Wildman–Crippen LogP) is 3.46. The number of nitrogens with two attached hydrogens (primary N) is 1. The predicted molar refractivity (Wildman–Crippen MR) is 167 cm³/mol. The number of nitrogens with one attached hydrogen (secondary N) is 1. The summed E-state index contributed by atoms with van der Waals surface area (Å²) in [5.41, 5.74) is 5.51. The van der Waals surface area contributed by atoms with Gasteiger partial charge in [-0.2, -0.15) is 9.97 Å². The van der Waals surface area contributed by atoms with Gasteiger partial charge in [0.25, 0.3) is 11.8 Å². The van der Waals surface area contributed by atoms with E-state index in [1.807, 2.05) is 0 Å². The number of halogens is 2. The molecule has 1 aliphatic rings. The summed E-state index contributed by atoms with van der Waals surface area (Å²) in [6, 6.07) is -0.940. The van der Waals surface area contributed by atoms with Gasteiger partial charge in [0.15, 0.2) is 22.5 Å². The van der Waals surface area contributed by atoms with Crippen molar-refractivity contribution in [1.29, 1.82) is 0 Å². The zero-order valence-electron chi connectivity index (χ0n) is 25.5. The van der Waals surface area contributed by atoms with E-state index >= 15 is 4.39 Å². The van der Waals surface area contributed by atoms with Gasteiger partial charge in [0.05, 0.1) is 32.3 Å². The minimum atomic E-state index is -3.51. The number of carbonyl (C=O) groups excluding carboxylic acids is 2. The molecule has 0 saturated carbocycles. The van der Waals surface area contributed by atoms with E-state index in [-0.39, 0.29) is 53.2 Å². The lowest BCUT2D eigenvalue weighted by Crippen LogP contribution is -2.39. The van der Waals surface area contributed by atoms with Crippen LogP contribution in [0.15, 0.2) is 6.33 Å². The second kappa shape index (κ2) is 14.8. The molecule has 248 valence electrons. The Morgan fingerprint density at radius 2 is 2.02 bits per heavy atom. The average Bonchev–Trinajstić information content (AvgIpc) is 3.42. The number of carbonyl (C=O) groups is 2. The molecular formula is C25H39ClFN6O8PS2. The van der Waals surface area contributed by atoms with Crippen LogP contribution in [0.4, 0.5) is 10.3 Å². The van der Waals surface area contributed by atoms with Gasteiger partial charge in [-0.3, -0.25) is 14.2 Å². The van der Waals surface area contributed by atoms with Gasteiger partial charge >= 0.3 is 5.97 Å². The van der Waals surface area contributed by atoms with E-state index in [0.29, 0.717) is 0 Å². The van der Waals surface area contributed by atoms with Crippen LogP contribution in [-0.4, -0.2) is 90.8 Å². The van der Waals surface area contributed by atoms with Crippen LogP contribution in [-0.2, 0) is 39.9 Å². The minimum absolute atomic E-state index is 0.00765. The van der Waals surface area contributed by atoms with E-state index in [1.54, 1.807) is 41.5 Å². The van der Waals surface area contributed by atoms with Crippen LogP contribution < -0.4 is 15.6 Å². The van der Waals surface area contributed by atoms with Gasteiger partial charge in [-0.1, -0.05) is 44.1 Å². The van der Waals surface area contributed by atoms with Crippen molar-refractivity contribution in [3.05, 3.63) is 6.33 Å². The number of hydrogen-bond acceptors (Lipinski definition) is 14. The van der Waals surface area contributed by atoms with Crippen LogP contribution in [0, 0.1) is 5.41 Å². The van der Waals surface area contributed by atoms with Crippen molar-refractivity contribution >= 4 is 70.0 Å². The summed E-state index contributed by atoms with van der Waals surface area (Å²) < 4.78 is 45.3. The van der Waals surface area contributed by atoms with E-state index in [4.69, 9.17) is 52.4 Å². The first kappa shape index (κ1) is 36.8. The standard InChI is InChI=1S/C25H39ClFN6O8PS2/c1-8-37-19-16-18(30-23(28)31-19)33(12-29-16)21-25(26,27)17(34)15(41-21)11-39-42(43,32-14(4)20(35)40-13(2)3)38-9-10-44-22(36)24(5,6)7/h12-15,17,21,34H,8-11H2,1-7H3,(H,32,43)(H2,28,30,31)/t14-,15+,17+,21+,25-,42-/m0/s1. The lowest BCUT2D eigenvalue weighted by molar-refractivity contribution is -0.149. The maximum Gasteiger partial charge on any atom is 0.323 e. The Labute approximate surface area is 269 Å². The number of nitrogens with zero attached hydrogens (tertiary/aromatic N) is 4. The summed E-state index contributed by atoms with van der Waals surface area (Å²) in [6.07, 6.45) is -4.02. The molecule has 19 heteroatoms. The number of thioether (sulfide) groups is 1. The highest BCUT2D eigenvalue weighted by Crippen LogP contribution is 2.49. The number of aliphatic hydroxyl groups excluding tert-OH is 1. The highest BCUT2D eigenvalue weighted by atomic mass is 35.5. The molecule has 0 bridgehead atoms. The second-order valence-corrected chi connectivity index (χ2v) is 16.0. The van der Waals surface area contributed by atoms with Gasteiger partial charge in [-0.15, -0.1) is 0 Å². The summed E-state index contributed by atoms with van der Waals surface area (Å²) in [4.78, 5) is 37.1. The Kier molecular flexibility index (Phi) is 12.4. The van der Waals surface area contributed by atoms with Gasteiger partial charge < -0.3 is 34.1 Å². The molecule has 0 unspecified atom stereocenters. The fraction of sp³-hybridized carbons (Fsp3) is 0.720. The monoisotopic (exact) mass is 700 g/mol. The third-order valence-electron chi connectivity index (χ3n) is 5.98. The SMILES string of the molecule is CCOc1nc(N)nc2c1ncn2[C@@H]1O[C@H](CO[P@](=S)(N[C@@H](C)C(=O)OC(C)C)OCCSC(=O)C(C)(C)C)[C@@H](O)[C@@]1(F)Cl. The molecule has 6 atom stereocenters. The van der Waals surface area contributed by atoms with Crippen molar-refractivity contribution in [1.82, 2.24) is 24.6 Å². The van der Waals surface area contributed by atoms with Gasteiger partial charge in [-0.25, -0.2) is 14.5 Å². The number of rotatable bonds is 14. The average molecular weight is 701 g/mol. The molecule has 0 radical (unpaired) electrons. The molecule has 0 aromatic carbocycles. The highest BCUT2D eigenvalue weighted by Gasteiger charge is 2.58.